The number of benzene rings is 2. The molecule has 7 heteroatoms. The van der Waals surface area contributed by atoms with Crippen molar-refractivity contribution in [3.05, 3.63) is 54.1 Å². The number of aromatic nitrogens is 1. The zero-order chi connectivity index (χ0) is 22.6. The molecule has 3 aromatic rings. The molecule has 2 aromatic carbocycles. The normalized spacial score (nSPS) is 11.1. The number of nitrogens with one attached hydrogen (secondary N) is 1. The summed E-state index contributed by atoms with van der Waals surface area (Å²) in [6, 6.07) is 14.4. The van der Waals surface area contributed by atoms with Gasteiger partial charge >= 0.3 is 5.97 Å². The van der Waals surface area contributed by atoms with Crippen molar-refractivity contribution in [1.29, 1.82) is 0 Å². The summed E-state index contributed by atoms with van der Waals surface area (Å²) in [5, 5.41) is 3.42. The maximum absolute atomic E-state index is 12.9. The predicted molar refractivity (Wildman–Crippen MR) is 118 cm³/mol. The van der Waals surface area contributed by atoms with E-state index in [2.05, 4.69) is 10.3 Å². The van der Waals surface area contributed by atoms with E-state index in [9.17, 15) is 9.59 Å². The molecule has 162 valence electrons. The summed E-state index contributed by atoms with van der Waals surface area (Å²) in [5.74, 6) is 0.193. The van der Waals surface area contributed by atoms with Crippen molar-refractivity contribution >= 4 is 22.8 Å². The van der Waals surface area contributed by atoms with Crippen LogP contribution in [0.15, 0.2) is 48.5 Å². The number of methoxy groups -OCH3 is 2. The molecule has 0 saturated heterocycles. The number of hydrogen-bond acceptors (Lipinski definition) is 6. The van der Waals surface area contributed by atoms with E-state index < -0.39 is 11.5 Å². The van der Waals surface area contributed by atoms with Gasteiger partial charge in [-0.25, -0.2) is 9.78 Å². The Hall–Kier alpha value is -3.61. The summed E-state index contributed by atoms with van der Waals surface area (Å²) in [6.07, 6.45) is 0. The largest absolute Gasteiger partial charge is 0.493 e. The molecule has 0 aliphatic heterocycles. The van der Waals surface area contributed by atoms with Crippen LogP contribution in [0.5, 0.6) is 11.5 Å². The van der Waals surface area contributed by atoms with Crippen LogP contribution in [0, 0.1) is 0 Å². The lowest BCUT2D eigenvalue weighted by molar-refractivity contribution is -0.125. The van der Waals surface area contributed by atoms with E-state index in [0.717, 1.165) is 5.56 Å². The number of rotatable bonds is 6. The third-order valence-corrected chi connectivity index (χ3v) is 4.46. The summed E-state index contributed by atoms with van der Waals surface area (Å²) in [6.45, 7) is 5.22. The Bertz CT molecular complexity index is 1120. The van der Waals surface area contributed by atoms with Crippen LogP contribution in [0.2, 0.25) is 0 Å². The third kappa shape index (κ3) is 5.31. The standard InChI is InChI=1S/C24H26N2O5/c1-24(2,3)26-22(27)14-31-23(28)17-13-19(25-18-9-7-6-8-16(17)18)15-10-11-20(29-4)21(12-15)30-5/h6-13H,14H2,1-5H3,(H,26,27). The second-order valence-electron chi connectivity index (χ2n) is 8.02. The molecule has 0 saturated carbocycles. The maximum atomic E-state index is 12.9. The summed E-state index contributed by atoms with van der Waals surface area (Å²) in [4.78, 5) is 29.6. The molecule has 0 unspecified atom stereocenters. The molecule has 1 heterocycles. The topological polar surface area (TPSA) is 86.8 Å². The molecule has 0 radical (unpaired) electrons. The zero-order valence-electron chi connectivity index (χ0n) is 18.3. The Morgan fingerprint density at radius 1 is 0.968 bits per heavy atom. The van der Waals surface area contributed by atoms with E-state index >= 15 is 0 Å². The minimum atomic E-state index is -0.593. The maximum Gasteiger partial charge on any atom is 0.339 e. The number of carbonyl (C=O) groups excluding carboxylic acids is 2. The van der Waals surface area contributed by atoms with E-state index in [1.165, 1.54) is 0 Å². The van der Waals surface area contributed by atoms with Crippen LogP contribution in [0.4, 0.5) is 0 Å². The van der Waals surface area contributed by atoms with E-state index in [0.29, 0.717) is 33.7 Å². The summed E-state index contributed by atoms with van der Waals surface area (Å²) < 4.78 is 16.0. The van der Waals surface area contributed by atoms with Crippen LogP contribution < -0.4 is 14.8 Å². The lowest BCUT2D eigenvalue weighted by atomic mass is 10.0. The fourth-order valence-corrected chi connectivity index (χ4v) is 3.15. The van der Waals surface area contributed by atoms with E-state index in [-0.39, 0.29) is 12.5 Å². The van der Waals surface area contributed by atoms with Crippen molar-refractivity contribution in [3.8, 4) is 22.8 Å². The van der Waals surface area contributed by atoms with Gasteiger partial charge in [-0.1, -0.05) is 18.2 Å². The molecule has 0 aliphatic carbocycles. The van der Waals surface area contributed by atoms with Gasteiger partial charge in [-0.2, -0.15) is 0 Å². The van der Waals surface area contributed by atoms with Gasteiger partial charge < -0.3 is 19.5 Å². The molecule has 31 heavy (non-hydrogen) atoms. The number of pyridine rings is 1. The first-order valence-corrected chi connectivity index (χ1v) is 9.82. The Balaban J connectivity index is 1.96. The van der Waals surface area contributed by atoms with Crippen LogP contribution in [-0.2, 0) is 9.53 Å². The van der Waals surface area contributed by atoms with Crippen molar-refractivity contribution in [1.82, 2.24) is 10.3 Å². The van der Waals surface area contributed by atoms with E-state index in [1.54, 1.807) is 38.5 Å². The fourth-order valence-electron chi connectivity index (χ4n) is 3.15. The second-order valence-corrected chi connectivity index (χ2v) is 8.02. The minimum absolute atomic E-state index is 0.332. The highest BCUT2D eigenvalue weighted by Gasteiger charge is 2.19. The second kappa shape index (κ2) is 9.04. The Morgan fingerprint density at radius 2 is 1.68 bits per heavy atom. The van der Waals surface area contributed by atoms with Crippen molar-refractivity contribution in [2.24, 2.45) is 0 Å². The quantitative estimate of drug-likeness (QED) is 0.605. The highest BCUT2D eigenvalue weighted by Crippen LogP contribution is 2.33. The molecule has 0 aliphatic rings. The van der Waals surface area contributed by atoms with E-state index in [4.69, 9.17) is 14.2 Å². The number of para-hydroxylation sites is 1. The molecular weight excluding hydrogens is 396 g/mol. The first-order chi connectivity index (χ1) is 14.7. The van der Waals surface area contributed by atoms with Gasteiger partial charge in [0.15, 0.2) is 18.1 Å². The Kier molecular flexibility index (Phi) is 6.44. The van der Waals surface area contributed by atoms with Gasteiger partial charge in [0.2, 0.25) is 0 Å². The Morgan fingerprint density at radius 3 is 2.35 bits per heavy atom. The molecule has 0 atom stereocenters. The van der Waals surface area contributed by atoms with Crippen LogP contribution in [0.1, 0.15) is 31.1 Å². The minimum Gasteiger partial charge on any atom is -0.493 e. The number of ether oxygens (including phenoxy) is 3. The average Bonchev–Trinajstić information content (AvgIpc) is 2.75. The number of esters is 1. The van der Waals surface area contributed by atoms with Crippen molar-refractivity contribution in [2.75, 3.05) is 20.8 Å². The van der Waals surface area contributed by atoms with Gasteiger partial charge in [0.1, 0.15) is 0 Å². The van der Waals surface area contributed by atoms with Crippen molar-refractivity contribution in [2.45, 2.75) is 26.3 Å². The number of fused-ring (bicyclic) bond motifs is 1. The number of nitrogens with zero attached hydrogens (tertiary/aromatic N) is 1. The Labute approximate surface area is 181 Å². The lowest BCUT2D eigenvalue weighted by Gasteiger charge is -2.20. The predicted octanol–water partition coefficient (Wildman–Crippen LogP) is 3.99. The number of carbonyl (C=O) groups is 2. The molecule has 1 aromatic heterocycles. The van der Waals surface area contributed by atoms with Crippen molar-refractivity contribution in [3.63, 3.8) is 0 Å². The van der Waals surface area contributed by atoms with Gasteiger partial charge in [0.05, 0.1) is 31.0 Å². The van der Waals surface area contributed by atoms with Crippen LogP contribution in [0.3, 0.4) is 0 Å². The van der Waals surface area contributed by atoms with Crippen LogP contribution in [-0.4, -0.2) is 43.2 Å². The summed E-state index contributed by atoms with van der Waals surface area (Å²) >= 11 is 0. The van der Waals surface area contributed by atoms with Gasteiger partial charge in [0, 0.05) is 16.5 Å². The third-order valence-electron chi connectivity index (χ3n) is 4.46. The molecular formula is C24H26N2O5. The smallest absolute Gasteiger partial charge is 0.339 e. The average molecular weight is 422 g/mol. The van der Waals surface area contributed by atoms with Crippen LogP contribution in [0.25, 0.3) is 22.2 Å². The van der Waals surface area contributed by atoms with E-state index in [1.807, 2.05) is 45.0 Å². The number of amides is 1. The lowest BCUT2D eigenvalue weighted by Crippen LogP contribution is -2.42. The molecule has 0 bridgehead atoms. The molecule has 7 nitrogen and oxygen atoms in total. The monoisotopic (exact) mass is 422 g/mol. The summed E-state index contributed by atoms with van der Waals surface area (Å²) in [7, 11) is 3.12. The molecule has 0 fully saturated rings. The summed E-state index contributed by atoms with van der Waals surface area (Å²) in [5.41, 5.74) is 1.89. The fraction of sp³-hybridized carbons (Fsp3) is 0.292. The zero-order valence-corrected chi connectivity index (χ0v) is 18.3. The highest BCUT2D eigenvalue weighted by molar-refractivity contribution is 6.05. The first kappa shape index (κ1) is 22.1. The molecule has 1 N–H and O–H groups in total. The van der Waals surface area contributed by atoms with Gasteiger partial charge in [-0.3, -0.25) is 4.79 Å². The van der Waals surface area contributed by atoms with Gasteiger partial charge in [0.25, 0.3) is 5.91 Å². The highest BCUT2D eigenvalue weighted by atomic mass is 16.5. The van der Waals surface area contributed by atoms with Gasteiger partial charge in [-0.15, -0.1) is 0 Å². The van der Waals surface area contributed by atoms with Gasteiger partial charge in [-0.05, 0) is 51.1 Å². The van der Waals surface area contributed by atoms with Crippen molar-refractivity contribution < 1.29 is 23.8 Å². The SMILES string of the molecule is COc1ccc(-c2cc(C(=O)OCC(=O)NC(C)(C)C)c3ccccc3n2)cc1OC. The molecule has 0 spiro atoms. The number of hydrogen-bond donors (Lipinski definition) is 1. The molecule has 1 amide bonds. The van der Waals surface area contributed by atoms with Crippen LogP contribution >= 0.6 is 0 Å². The molecule has 3 rings (SSSR count). The first-order valence-electron chi connectivity index (χ1n) is 9.82.